The highest BCUT2D eigenvalue weighted by molar-refractivity contribution is 7.84. The molecule has 0 aliphatic carbocycles. The molecule has 42 heavy (non-hydrogen) atoms. The van der Waals surface area contributed by atoms with E-state index in [1.165, 1.54) is 11.4 Å². The Kier molecular flexibility index (Phi) is 9.36. The van der Waals surface area contributed by atoms with E-state index >= 15 is 0 Å². The van der Waals surface area contributed by atoms with E-state index in [0.29, 0.717) is 5.56 Å². The summed E-state index contributed by atoms with van der Waals surface area (Å²) < 4.78 is 98.0. The zero-order chi connectivity index (χ0) is 30.9. The first-order valence-corrected chi connectivity index (χ1v) is 15.5. The summed E-state index contributed by atoms with van der Waals surface area (Å²) in [4.78, 5) is 0. The van der Waals surface area contributed by atoms with Gasteiger partial charge < -0.3 is 0 Å². The molecule has 0 saturated heterocycles. The van der Waals surface area contributed by atoms with E-state index in [-0.39, 0.29) is 11.6 Å². The van der Waals surface area contributed by atoms with Crippen molar-refractivity contribution in [3.05, 3.63) is 125 Å². The van der Waals surface area contributed by atoms with Crippen LogP contribution in [0.15, 0.2) is 103 Å². The molecule has 0 N–H and O–H groups in total. The van der Waals surface area contributed by atoms with Gasteiger partial charge >= 0.3 is 12.4 Å². The molecule has 0 aliphatic rings. The molecule has 0 heterocycles. The summed E-state index contributed by atoms with van der Waals surface area (Å²) in [5.74, 6) is 0. The number of alkyl halides is 6. The van der Waals surface area contributed by atoms with Gasteiger partial charge in [-0.3, -0.25) is 0 Å². The number of hydrogen-bond donors (Lipinski definition) is 0. The Balaban J connectivity index is 2.06. The molecule has 10 heteroatoms. The number of hydrogen-bond acceptors (Lipinski definition) is 1. The average Bonchev–Trinajstić information content (AvgIpc) is 2.93. The minimum absolute atomic E-state index is 0.119. The first-order valence-electron chi connectivity index (χ1n) is 13.0. The molecule has 0 saturated carbocycles. The van der Waals surface area contributed by atoms with Gasteiger partial charge in [0.1, 0.15) is 11.0 Å². The molecule has 0 spiro atoms. The molecule has 0 aromatic heterocycles. The molecule has 2 atom stereocenters. The second-order valence-electron chi connectivity index (χ2n) is 10.7. The fourth-order valence-corrected chi connectivity index (χ4v) is 8.53. The quantitative estimate of drug-likeness (QED) is 0.152. The van der Waals surface area contributed by atoms with Crippen molar-refractivity contribution < 1.29 is 30.6 Å². The molecule has 0 bridgehead atoms. The Hall–Kier alpha value is -3.00. The highest BCUT2D eigenvalue weighted by atomic mass is 32.2. The summed E-state index contributed by atoms with van der Waals surface area (Å²) in [7, 11) is -1.62. The third-order valence-corrected chi connectivity index (χ3v) is 10.9. The van der Waals surface area contributed by atoms with Gasteiger partial charge in [0.25, 0.3) is 0 Å². The largest absolute Gasteiger partial charge is 0.416 e. The van der Waals surface area contributed by atoms with Gasteiger partial charge in [0.05, 0.1) is 21.9 Å². The van der Waals surface area contributed by atoms with E-state index in [1.54, 1.807) is 39.0 Å². The lowest BCUT2D eigenvalue weighted by Crippen LogP contribution is -2.39. The van der Waals surface area contributed by atoms with Crippen LogP contribution < -0.4 is 15.9 Å². The Morgan fingerprint density at radius 1 is 0.667 bits per heavy atom. The van der Waals surface area contributed by atoms with Crippen molar-refractivity contribution >= 4 is 34.8 Å². The number of benzene rings is 4. The van der Waals surface area contributed by atoms with Crippen LogP contribution in [0.1, 0.15) is 49.1 Å². The Morgan fingerprint density at radius 3 is 1.52 bits per heavy atom. The van der Waals surface area contributed by atoms with Crippen LogP contribution in [-0.2, 0) is 23.3 Å². The summed E-state index contributed by atoms with van der Waals surface area (Å²) in [5.41, 5.74) is -2.61. The molecule has 0 amide bonds. The third-order valence-electron chi connectivity index (χ3n) is 6.58. The molecule has 0 radical (unpaired) electrons. The predicted octanol–water partition coefficient (Wildman–Crippen LogP) is 7.97. The maximum atomic E-state index is 14.0. The maximum absolute atomic E-state index is 14.0. The summed E-state index contributed by atoms with van der Waals surface area (Å²) in [5, 5.41) is 2.63. The van der Waals surface area contributed by atoms with Crippen LogP contribution in [0.4, 0.5) is 26.3 Å². The number of rotatable bonds is 7. The molecule has 222 valence electrons. The lowest BCUT2D eigenvalue weighted by molar-refractivity contribution is -0.143. The summed E-state index contributed by atoms with van der Waals surface area (Å²) in [6.45, 7) is 5.12. The highest BCUT2D eigenvalue weighted by Gasteiger charge is 2.40. The van der Waals surface area contributed by atoms with E-state index in [9.17, 15) is 30.6 Å². The monoisotopic (exact) mass is 621 g/mol. The Morgan fingerprint density at radius 2 is 1.10 bits per heavy atom. The molecular weight excluding hydrogens is 591 g/mol. The lowest BCUT2D eigenvalue weighted by atomic mass is 9.94. The van der Waals surface area contributed by atoms with Gasteiger partial charge in [-0.2, -0.15) is 26.3 Å². The average molecular weight is 622 g/mol. The van der Waals surface area contributed by atoms with E-state index in [1.807, 2.05) is 66.7 Å². The molecule has 0 aliphatic heterocycles. The Labute approximate surface area is 245 Å². The second kappa shape index (κ2) is 12.3. The molecule has 0 fully saturated rings. The van der Waals surface area contributed by atoms with Crippen molar-refractivity contribution in [2.45, 2.75) is 43.9 Å². The second-order valence-corrected chi connectivity index (χ2v) is 15.2. The number of nitrogens with zero attached hydrogens (tertiary/aromatic N) is 1. The van der Waals surface area contributed by atoms with Crippen LogP contribution in [0.25, 0.3) is 0 Å². The summed E-state index contributed by atoms with van der Waals surface area (Å²) in [6.07, 6.45) is -10.1. The van der Waals surface area contributed by atoms with Gasteiger partial charge in [-0.1, -0.05) is 84.9 Å². The first-order chi connectivity index (χ1) is 19.6. The van der Waals surface area contributed by atoms with Crippen molar-refractivity contribution in [1.29, 1.82) is 0 Å². The van der Waals surface area contributed by atoms with Crippen molar-refractivity contribution in [2.75, 3.05) is 7.05 Å². The van der Waals surface area contributed by atoms with Crippen molar-refractivity contribution in [3.63, 3.8) is 0 Å². The lowest BCUT2D eigenvalue weighted by Gasteiger charge is -2.35. The van der Waals surface area contributed by atoms with Crippen LogP contribution in [0.5, 0.6) is 0 Å². The molecular formula is C32H30F6NOPS. The fraction of sp³-hybridized carbons (Fsp3) is 0.250. The van der Waals surface area contributed by atoms with Gasteiger partial charge in [-0.25, -0.2) is 8.51 Å². The molecule has 2 nitrogen and oxygen atoms in total. The normalized spacial score (nSPS) is 14.3. The molecule has 0 unspecified atom stereocenters. The SMILES string of the molecule is CN([C@H](c1cc(C(F)(F)F)cc(C(F)(F)F)c1)c1ccccc1P(c1ccccc1)c1ccccc1)[S@](=O)C(C)(C)C. The van der Waals surface area contributed by atoms with Crippen molar-refractivity contribution in [2.24, 2.45) is 0 Å². The van der Waals surface area contributed by atoms with Crippen molar-refractivity contribution in [3.8, 4) is 0 Å². The van der Waals surface area contributed by atoms with Gasteiger partial charge in [0, 0.05) is 7.05 Å². The zero-order valence-corrected chi connectivity index (χ0v) is 25.1. The topological polar surface area (TPSA) is 20.3 Å². The van der Waals surface area contributed by atoms with Gasteiger partial charge in [0.15, 0.2) is 0 Å². The molecule has 4 aromatic rings. The standard InChI is InChI=1S/C32H30F6NOPS/c1-30(2,3)42(40)39(4)29(22-19-23(31(33,34)35)21-24(20-22)32(36,37)38)27-17-11-12-18-28(27)41(25-13-7-5-8-14-25)26-15-9-6-10-16-26/h5-21,29H,1-4H3/t29-,42-/m1/s1. The zero-order valence-electron chi connectivity index (χ0n) is 23.4. The van der Waals surface area contributed by atoms with Gasteiger partial charge in [-0.05, 0) is 73.9 Å². The molecule has 4 rings (SSSR count). The van der Waals surface area contributed by atoms with Crippen LogP contribution in [-0.4, -0.2) is 20.3 Å². The van der Waals surface area contributed by atoms with E-state index in [4.69, 9.17) is 0 Å². The van der Waals surface area contributed by atoms with Crippen LogP contribution >= 0.6 is 7.92 Å². The summed E-state index contributed by atoms with van der Waals surface area (Å²) >= 11 is 0. The first kappa shape index (κ1) is 31.9. The predicted molar refractivity (Wildman–Crippen MR) is 159 cm³/mol. The molecule has 4 aromatic carbocycles. The van der Waals surface area contributed by atoms with E-state index in [2.05, 4.69) is 0 Å². The van der Waals surface area contributed by atoms with Crippen molar-refractivity contribution in [1.82, 2.24) is 4.31 Å². The third kappa shape index (κ3) is 7.13. The minimum Gasteiger partial charge on any atom is -0.242 e. The van der Waals surface area contributed by atoms with E-state index in [0.717, 1.165) is 28.0 Å². The van der Waals surface area contributed by atoms with Gasteiger partial charge in [-0.15, -0.1) is 0 Å². The number of halogens is 6. The van der Waals surface area contributed by atoms with Crippen LogP contribution in [0.2, 0.25) is 0 Å². The fourth-order valence-electron chi connectivity index (χ4n) is 4.75. The minimum atomic E-state index is -5.03. The maximum Gasteiger partial charge on any atom is 0.416 e. The smallest absolute Gasteiger partial charge is 0.242 e. The van der Waals surface area contributed by atoms with Crippen LogP contribution in [0.3, 0.4) is 0 Å². The van der Waals surface area contributed by atoms with Gasteiger partial charge in [0.2, 0.25) is 0 Å². The van der Waals surface area contributed by atoms with E-state index < -0.39 is 53.2 Å². The Bertz CT molecular complexity index is 1460. The summed E-state index contributed by atoms with van der Waals surface area (Å²) in [6, 6.07) is 26.5. The van der Waals surface area contributed by atoms with Crippen LogP contribution in [0, 0.1) is 0 Å². The highest BCUT2D eigenvalue weighted by Crippen LogP contribution is 2.43.